The maximum Gasteiger partial charge on any atom is 0.306 e. The van der Waals surface area contributed by atoms with Crippen LogP contribution in [0.25, 0.3) is 0 Å². The number of nitrogens with zero attached hydrogens (tertiary/aromatic N) is 2. The Balaban J connectivity index is 1.93. The first kappa shape index (κ1) is 16.7. The van der Waals surface area contributed by atoms with Crippen molar-refractivity contribution in [1.82, 2.24) is 4.90 Å². The molecular formula is C19H19ClN2O2. The van der Waals surface area contributed by atoms with Crippen LogP contribution in [-0.4, -0.2) is 27.2 Å². The van der Waals surface area contributed by atoms with Gasteiger partial charge in [0.2, 0.25) is 0 Å². The number of carbonyl (C=O) groups is 1. The third-order valence-electron chi connectivity index (χ3n) is 4.16. The summed E-state index contributed by atoms with van der Waals surface area (Å²) in [5, 5.41) is 9.24. The Hall–Kier alpha value is -2.17. The van der Waals surface area contributed by atoms with Crippen molar-refractivity contribution in [3.63, 3.8) is 0 Å². The van der Waals surface area contributed by atoms with E-state index in [4.69, 9.17) is 11.6 Å². The average Bonchev–Trinajstić information content (AvgIpc) is 2.86. The average molecular weight is 343 g/mol. The van der Waals surface area contributed by atoms with Gasteiger partial charge in [-0.3, -0.25) is 9.79 Å². The quantitative estimate of drug-likeness (QED) is 0.660. The van der Waals surface area contributed by atoms with Crippen LogP contribution in [0.15, 0.2) is 59.6 Å². The second-order valence-corrected chi connectivity index (χ2v) is 6.72. The topological polar surface area (TPSA) is 52.9 Å². The van der Waals surface area contributed by atoms with Crippen LogP contribution in [0.4, 0.5) is 0 Å². The Kier molecular flexibility index (Phi) is 4.69. The molecule has 5 heteroatoms. The lowest BCUT2D eigenvalue weighted by Gasteiger charge is -2.34. The molecule has 1 aliphatic rings. The van der Waals surface area contributed by atoms with Crippen molar-refractivity contribution >= 4 is 23.8 Å². The SMILES string of the molecule is Cc1ccc(CN2C(c3ccccc3)N=CC2(Cl)CC(=O)O)cc1. The summed E-state index contributed by atoms with van der Waals surface area (Å²) in [6.45, 7) is 2.56. The molecule has 1 aliphatic heterocycles. The van der Waals surface area contributed by atoms with Crippen molar-refractivity contribution in [3.8, 4) is 0 Å². The molecule has 0 aromatic heterocycles. The van der Waals surface area contributed by atoms with Gasteiger partial charge in [0.15, 0.2) is 0 Å². The van der Waals surface area contributed by atoms with Gasteiger partial charge in [-0.05, 0) is 18.1 Å². The first-order chi connectivity index (χ1) is 11.5. The van der Waals surface area contributed by atoms with Crippen molar-refractivity contribution in [2.75, 3.05) is 0 Å². The van der Waals surface area contributed by atoms with E-state index in [-0.39, 0.29) is 12.6 Å². The van der Waals surface area contributed by atoms with Crippen LogP contribution in [0.1, 0.15) is 29.3 Å². The molecule has 0 fully saturated rings. The van der Waals surface area contributed by atoms with Crippen LogP contribution in [0.5, 0.6) is 0 Å². The number of hydrogen-bond acceptors (Lipinski definition) is 3. The Morgan fingerprint density at radius 1 is 1.21 bits per heavy atom. The van der Waals surface area contributed by atoms with Gasteiger partial charge in [-0.1, -0.05) is 71.8 Å². The number of hydrogen-bond donors (Lipinski definition) is 1. The highest BCUT2D eigenvalue weighted by molar-refractivity contribution is 6.33. The summed E-state index contributed by atoms with van der Waals surface area (Å²) in [6, 6.07) is 17.9. The molecule has 124 valence electrons. The van der Waals surface area contributed by atoms with Gasteiger partial charge in [0.1, 0.15) is 11.2 Å². The van der Waals surface area contributed by atoms with Gasteiger partial charge in [-0.15, -0.1) is 0 Å². The predicted octanol–water partition coefficient (Wildman–Crippen LogP) is 3.99. The molecule has 0 aliphatic carbocycles. The molecule has 24 heavy (non-hydrogen) atoms. The molecule has 0 saturated carbocycles. The Labute approximate surface area is 146 Å². The zero-order valence-electron chi connectivity index (χ0n) is 13.4. The Bertz CT molecular complexity index is 746. The largest absolute Gasteiger partial charge is 0.481 e. The number of aryl methyl sites for hydroxylation is 1. The lowest BCUT2D eigenvalue weighted by molar-refractivity contribution is -0.138. The molecule has 0 saturated heterocycles. The van der Waals surface area contributed by atoms with E-state index < -0.39 is 11.0 Å². The molecule has 2 aromatic carbocycles. The monoisotopic (exact) mass is 342 g/mol. The van der Waals surface area contributed by atoms with Gasteiger partial charge >= 0.3 is 5.97 Å². The van der Waals surface area contributed by atoms with Gasteiger partial charge < -0.3 is 5.11 Å². The first-order valence-corrected chi connectivity index (χ1v) is 8.18. The van der Waals surface area contributed by atoms with E-state index in [1.165, 1.54) is 5.56 Å². The molecule has 2 unspecified atom stereocenters. The lowest BCUT2D eigenvalue weighted by atomic mass is 10.1. The Morgan fingerprint density at radius 3 is 2.50 bits per heavy atom. The number of carboxylic acids is 1. The molecule has 0 bridgehead atoms. The van der Waals surface area contributed by atoms with E-state index in [1.807, 2.05) is 66.4 Å². The number of halogens is 1. The van der Waals surface area contributed by atoms with Gasteiger partial charge in [0, 0.05) is 12.8 Å². The summed E-state index contributed by atoms with van der Waals surface area (Å²) in [4.78, 5) is 16.6. The highest BCUT2D eigenvalue weighted by Crippen LogP contribution is 2.40. The van der Waals surface area contributed by atoms with Crippen LogP contribution in [-0.2, 0) is 11.3 Å². The van der Waals surface area contributed by atoms with Crippen molar-refractivity contribution in [2.45, 2.75) is 31.1 Å². The summed E-state index contributed by atoms with van der Waals surface area (Å²) < 4.78 is 0. The molecule has 1 heterocycles. The molecule has 0 radical (unpaired) electrons. The molecular weight excluding hydrogens is 324 g/mol. The smallest absolute Gasteiger partial charge is 0.306 e. The van der Waals surface area contributed by atoms with Crippen LogP contribution in [0.2, 0.25) is 0 Å². The highest BCUT2D eigenvalue weighted by Gasteiger charge is 2.44. The van der Waals surface area contributed by atoms with Crippen LogP contribution in [0.3, 0.4) is 0 Å². The number of carboxylic acid groups (broad SMARTS) is 1. The number of rotatable bonds is 5. The minimum absolute atomic E-state index is 0.201. The number of benzene rings is 2. The summed E-state index contributed by atoms with van der Waals surface area (Å²) in [5.74, 6) is -0.945. The fraction of sp³-hybridized carbons (Fsp3) is 0.263. The molecule has 2 aromatic rings. The summed E-state index contributed by atoms with van der Waals surface area (Å²) in [6.07, 6.45) is 1.08. The molecule has 1 N–H and O–H groups in total. The third-order valence-corrected chi connectivity index (χ3v) is 4.60. The third kappa shape index (κ3) is 3.50. The minimum atomic E-state index is -1.13. The van der Waals surface area contributed by atoms with E-state index in [2.05, 4.69) is 4.99 Å². The van der Waals surface area contributed by atoms with Crippen molar-refractivity contribution in [2.24, 2.45) is 4.99 Å². The van der Waals surface area contributed by atoms with Gasteiger partial charge in [-0.2, -0.15) is 0 Å². The van der Waals surface area contributed by atoms with E-state index in [0.717, 1.165) is 11.1 Å². The highest BCUT2D eigenvalue weighted by atomic mass is 35.5. The number of aliphatic imine (C=N–C) groups is 1. The van der Waals surface area contributed by atoms with E-state index in [0.29, 0.717) is 6.54 Å². The Morgan fingerprint density at radius 2 is 1.88 bits per heavy atom. The zero-order chi connectivity index (χ0) is 17.2. The van der Waals surface area contributed by atoms with Crippen molar-refractivity contribution in [1.29, 1.82) is 0 Å². The lowest BCUT2D eigenvalue weighted by Crippen LogP contribution is -2.43. The van der Waals surface area contributed by atoms with E-state index in [9.17, 15) is 9.90 Å². The minimum Gasteiger partial charge on any atom is -0.481 e. The standard InChI is InChI=1S/C19H19ClN2O2/c1-14-7-9-15(10-8-14)12-22-18(16-5-3-2-4-6-16)21-13-19(22,20)11-17(23)24/h2-10,13,18H,11-12H2,1H3,(H,23,24). The van der Waals surface area contributed by atoms with E-state index >= 15 is 0 Å². The fourth-order valence-electron chi connectivity index (χ4n) is 2.90. The second-order valence-electron chi connectivity index (χ2n) is 6.07. The van der Waals surface area contributed by atoms with Crippen LogP contribution >= 0.6 is 11.6 Å². The molecule has 3 rings (SSSR count). The van der Waals surface area contributed by atoms with Gasteiger partial charge in [0.05, 0.1) is 6.42 Å². The van der Waals surface area contributed by atoms with Crippen LogP contribution in [0, 0.1) is 6.92 Å². The van der Waals surface area contributed by atoms with E-state index in [1.54, 1.807) is 6.21 Å². The second kappa shape index (κ2) is 6.75. The van der Waals surface area contributed by atoms with Crippen LogP contribution < -0.4 is 0 Å². The van der Waals surface area contributed by atoms with Crippen molar-refractivity contribution < 1.29 is 9.90 Å². The predicted molar refractivity (Wildman–Crippen MR) is 95.2 cm³/mol. The zero-order valence-corrected chi connectivity index (χ0v) is 14.1. The van der Waals surface area contributed by atoms with Gasteiger partial charge in [-0.25, -0.2) is 4.90 Å². The molecule has 4 nitrogen and oxygen atoms in total. The molecule has 0 amide bonds. The number of aliphatic carboxylic acids is 1. The fourth-order valence-corrected chi connectivity index (χ4v) is 3.22. The maximum atomic E-state index is 11.3. The normalized spacial score (nSPS) is 23.5. The number of alkyl halides is 1. The summed E-state index contributed by atoms with van der Waals surface area (Å²) in [7, 11) is 0. The summed E-state index contributed by atoms with van der Waals surface area (Å²) in [5.41, 5.74) is 3.25. The molecule has 2 atom stereocenters. The first-order valence-electron chi connectivity index (χ1n) is 7.80. The molecule has 0 spiro atoms. The van der Waals surface area contributed by atoms with Gasteiger partial charge in [0.25, 0.3) is 0 Å². The maximum absolute atomic E-state index is 11.3. The van der Waals surface area contributed by atoms with Crippen molar-refractivity contribution in [3.05, 3.63) is 71.3 Å². The summed E-state index contributed by atoms with van der Waals surface area (Å²) >= 11 is 6.65.